The van der Waals surface area contributed by atoms with E-state index in [0.29, 0.717) is 11.2 Å². The molecule has 1 fully saturated rings. The molecule has 0 saturated carbocycles. The quantitative estimate of drug-likeness (QED) is 0.513. The number of imidazole rings is 1. The van der Waals surface area contributed by atoms with Crippen LogP contribution in [0, 0.1) is 0 Å². The molecule has 2 aromatic rings. The Morgan fingerprint density at radius 3 is 2.95 bits per heavy atom. The highest BCUT2D eigenvalue weighted by atomic mass is 31.2. The van der Waals surface area contributed by atoms with Crippen molar-refractivity contribution in [2.24, 2.45) is 0 Å². The van der Waals surface area contributed by atoms with Gasteiger partial charge in [0.1, 0.15) is 24.5 Å². The van der Waals surface area contributed by atoms with Crippen LogP contribution in [0.2, 0.25) is 0 Å². The zero-order valence-corrected chi connectivity index (χ0v) is 11.9. The molecule has 4 heterocycles. The van der Waals surface area contributed by atoms with Crippen LogP contribution in [-0.2, 0) is 13.8 Å². The summed E-state index contributed by atoms with van der Waals surface area (Å²) in [5, 5.41) is 10.0. The van der Waals surface area contributed by atoms with E-state index in [1.165, 1.54) is 10.9 Å². The van der Waals surface area contributed by atoms with Crippen molar-refractivity contribution in [3.8, 4) is 0 Å². The number of anilines is 1. The van der Waals surface area contributed by atoms with Crippen molar-refractivity contribution in [3.63, 3.8) is 0 Å². The summed E-state index contributed by atoms with van der Waals surface area (Å²) in [6.07, 6.45) is -2.15. The van der Waals surface area contributed by atoms with E-state index in [2.05, 4.69) is 15.0 Å². The van der Waals surface area contributed by atoms with Crippen LogP contribution in [0.25, 0.3) is 11.2 Å². The largest absolute Gasteiger partial charge is 0.470 e. The first-order valence-corrected chi connectivity index (χ1v) is 7.94. The lowest BCUT2D eigenvalue weighted by atomic mass is 10.1. The van der Waals surface area contributed by atoms with Crippen LogP contribution < -0.4 is 5.73 Å². The highest BCUT2D eigenvalue weighted by molar-refractivity contribution is 7.46. The van der Waals surface area contributed by atoms with Gasteiger partial charge in [0, 0.05) is 6.42 Å². The molecule has 2 aliphatic heterocycles. The van der Waals surface area contributed by atoms with Crippen molar-refractivity contribution in [1.82, 2.24) is 19.5 Å². The third-order valence-corrected chi connectivity index (χ3v) is 4.26. The standard InChI is InChI=1S/C10H12N5O6P/c11-8-5-9(13-2-12-8)15-4-1-3(16)6(20-4)7(10(15)14-5)21-22(17,18)19/h2-4,6-7,16H,1H2,(H2,11,12,13)(H2,17,18,19)/t3-,4+,6-,7+/m0/s1. The Labute approximate surface area is 123 Å². The molecule has 0 spiro atoms. The number of ether oxygens (including phenoxy) is 1. The number of rotatable bonds is 2. The first kappa shape index (κ1) is 14.0. The fourth-order valence-electron chi connectivity index (χ4n) is 2.94. The van der Waals surface area contributed by atoms with Crippen molar-refractivity contribution in [2.45, 2.75) is 31.0 Å². The SMILES string of the molecule is Nc1ncnc2c1nc1n2[C@H]2C[C@H](O)[C@H](O2)[C@H]1OP(=O)(O)O. The highest BCUT2D eigenvalue weighted by Gasteiger charge is 2.51. The minimum absolute atomic E-state index is 0.137. The maximum absolute atomic E-state index is 11.2. The number of nitrogens with two attached hydrogens (primary N) is 1. The molecular formula is C10H12N5O6P. The average Bonchev–Trinajstić information content (AvgIpc) is 2.95. The van der Waals surface area contributed by atoms with Crippen molar-refractivity contribution >= 4 is 24.8 Å². The van der Waals surface area contributed by atoms with Gasteiger partial charge in [-0.05, 0) is 0 Å². The van der Waals surface area contributed by atoms with Crippen LogP contribution in [-0.4, -0.2) is 46.6 Å². The van der Waals surface area contributed by atoms with E-state index in [9.17, 15) is 9.67 Å². The van der Waals surface area contributed by atoms with Gasteiger partial charge in [-0.25, -0.2) is 19.5 Å². The Balaban J connectivity index is 1.93. The summed E-state index contributed by atoms with van der Waals surface area (Å²) in [4.78, 5) is 30.4. The molecule has 0 aromatic carbocycles. The van der Waals surface area contributed by atoms with Gasteiger partial charge in [0.05, 0.1) is 6.10 Å². The number of fused-ring (bicyclic) bond motifs is 6. The van der Waals surface area contributed by atoms with Crippen LogP contribution in [0.1, 0.15) is 24.6 Å². The van der Waals surface area contributed by atoms with Crippen LogP contribution in [0.3, 0.4) is 0 Å². The molecule has 2 aromatic heterocycles. The topological polar surface area (TPSA) is 166 Å². The van der Waals surface area contributed by atoms with E-state index < -0.39 is 32.4 Å². The Bertz CT molecular complexity index is 804. The average molecular weight is 329 g/mol. The molecule has 118 valence electrons. The van der Waals surface area contributed by atoms with Crippen molar-refractivity contribution in [2.75, 3.05) is 5.73 Å². The van der Waals surface area contributed by atoms with E-state index >= 15 is 0 Å². The van der Waals surface area contributed by atoms with E-state index in [1.807, 2.05) is 0 Å². The number of hydrogen-bond acceptors (Lipinski definition) is 8. The Hall–Kier alpha value is -1.62. The lowest BCUT2D eigenvalue weighted by Crippen LogP contribution is -2.34. The molecule has 22 heavy (non-hydrogen) atoms. The van der Waals surface area contributed by atoms with Gasteiger partial charge >= 0.3 is 7.82 Å². The first-order chi connectivity index (χ1) is 10.3. The summed E-state index contributed by atoms with van der Waals surface area (Å²) in [6.45, 7) is 0. The van der Waals surface area contributed by atoms with Gasteiger partial charge in [-0.3, -0.25) is 9.09 Å². The first-order valence-electron chi connectivity index (χ1n) is 6.41. The van der Waals surface area contributed by atoms with Crippen molar-refractivity contribution in [3.05, 3.63) is 12.2 Å². The third kappa shape index (κ3) is 1.95. The molecule has 4 atom stereocenters. The summed E-state index contributed by atoms with van der Waals surface area (Å²) in [7, 11) is -4.82. The fourth-order valence-corrected chi connectivity index (χ4v) is 3.45. The zero-order chi connectivity index (χ0) is 15.6. The molecule has 2 aliphatic rings. The van der Waals surface area contributed by atoms with Gasteiger partial charge in [0.25, 0.3) is 0 Å². The Morgan fingerprint density at radius 2 is 2.23 bits per heavy atom. The zero-order valence-electron chi connectivity index (χ0n) is 11.0. The second-order valence-electron chi connectivity index (χ2n) is 5.15. The number of aromatic nitrogens is 4. The second kappa shape index (κ2) is 4.44. The molecule has 5 N–H and O–H groups in total. The lowest BCUT2D eigenvalue weighted by Gasteiger charge is -2.30. The summed E-state index contributed by atoms with van der Waals surface area (Å²) >= 11 is 0. The van der Waals surface area contributed by atoms with Crippen molar-refractivity contribution in [1.29, 1.82) is 0 Å². The van der Waals surface area contributed by atoms with Gasteiger partial charge in [-0.1, -0.05) is 0 Å². The number of phosphoric ester groups is 1. The summed E-state index contributed by atoms with van der Waals surface area (Å²) in [6, 6.07) is 0. The second-order valence-corrected chi connectivity index (χ2v) is 6.34. The molecule has 0 amide bonds. The maximum atomic E-state index is 11.2. The minimum Gasteiger partial charge on any atom is -0.390 e. The van der Waals surface area contributed by atoms with Crippen LogP contribution >= 0.6 is 7.82 Å². The number of phosphoric acid groups is 1. The van der Waals surface area contributed by atoms with Crippen LogP contribution in [0.4, 0.5) is 5.82 Å². The Kier molecular flexibility index (Phi) is 2.83. The van der Waals surface area contributed by atoms with Gasteiger partial charge in [-0.2, -0.15) is 0 Å². The predicted octanol–water partition coefficient (Wildman–Crippen LogP) is -0.779. The molecule has 0 unspecified atom stereocenters. The molecule has 11 nitrogen and oxygen atoms in total. The molecule has 0 radical (unpaired) electrons. The number of nitrogen functional groups attached to an aromatic ring is 1. The molecule has 4 rings (SSSR count). The molecule has 0 aliphatic carbocycles. The summed E-state index contributed by atoms with van der Waals surface area (Å²) in [5.74, 6) is 0.335. The number of nitrogens with zero attached hydrogens (tertiary/aromatic N) is 4. The molecular weight excluding hydrogens is 317 g/mol. The molecule has 12 heteroatoms. The van der Waals surface area contributed by atoms with Gasteiger partial charge in [-0.15, -0.1) is 0 Å². The van der Waals surface area contributed by atoms with Gasteiger partial charge in [0.2, 0.25) is 0 Å². The summed E-state index contributed by atoms with van der Waals surface area (Å²) < 4.78 is 23.1. The van der Waals surface area contributed by atoms with E-state index in [4.69, 9.17) is 24.8 Å². The number of hydrogen-bond donors (Lipinski definition) is 4. The van der Waals surface area contributed by atoms with E-state index in [-0.39, 0.29) is 18.1 Å². The third-order valence-electron chi connectivity index (χ3n) is 3.76. The highest BCUT2D eigenvalue weighted by Crippen LogP contribution is 2.51. The van der Waals surface area contributed by atoms with Gasteiger partial charge in [0.15, 0.2) is 23.1 Å². The van der Waals surface area contributed by atoms with Gasteiger partial charge < -0.3 is 25.4 Å². The monoisotopic (exact) mass is 329 g/mol. The summed E-state index contributed by atoms with van der Waals surface area (Å²) in [5.41, 5.74) is 6.41. The Morgan fingerprint density at radius 1 is 1.45 bits per heavy atom. The van der Waals surface area contributed by atoms with Crippen molar-refractivity contribution < 1.29 is 28.7 Å². The molecule has 1 saturated heterocycles. The number of aliphatic hydroxyl groups is 1. The minimum atomic E-state index is -4.82. The van der Waals surface area contributed by atoms with E-state index in [1.54, 1.807) is 0 Å². The fraction of sp³-hybridized carbons (Fsp3) is 0.500. The smallest absolute Gasteiger partial charge is 0.390 e. The number of aliphatic hydroxyl groups excluding tert-OH is 1. The lowest BCUT2D eigenvalue weighted by molar-refractivity contribution is -0.107. The predicted molar refractivity (Wildman–Crippen MR) is 70.1 cm³/mol. The maximum Gasteiger partial charge on any atom is 0.470 e. The molecule has 2 bridgehead atoms. The normalized spacial score (nSPS) is 30.7. The van der Waals surface area contributed by atoms with Crippen LogP contribution in [0.15, 0.2) is 6.33 Å². The van der Waals surface area contributed by atoms with E-state index in [0.717, 1.165) is 0 Å². The van der Waals surface area contributed by atoms with Crippen LogP contribution in [0.5, 0.6) is 0 Å².